The molecule has 2 aliphatic heterocycles. The van der Waals surface area contributed by atoms with Crippen LogP contribution >= 0.6 is 0 Å². The molecular weight excluding hydrogens is 243 g/mol. The van der Waals surface area contributed by atoms with Gasteiger partial charge in [0.2, 0.25) is 0 Å². The lowest BCUT2D eigenvalue weighted by Crippen LogP contribution is -2.40. The van der Waals surface area contributed by atoms with E-state index in [1.54, 1.807) is 6.07 Å². The number of fused-ring (bicyclic) bond motifs is 1. The molecule has 2 N–H and O–H groups in total. The molecule has 0 saturated carbocycles. The molecule has 2 saturated heterocycles. The maximum Gasteiger partial charge on any atom is 0.126 e. The maximum absolute atomic E-state index is 13.0. The Balaban J connectivity index is 1.69. The van der Waals surface area contributed by atoms with Crippen LogP contribution in [0.5, 0.6) is 5.75 Å². The summed E-state index contributed by atoms with van der Waals surface area (Å²) in [7, 11) is 0. The van der Waals surface area contributed by atoms with Crippen molar-refractivity contribution in [3.8, 4) is 5.75 Å². The Morgan fingerprint density at radius 3 is 3.00 bits per heavy atom. The molecule has 4 heteroatoms. The second-order valence-corrected chi connectivity index (χ2v) is 5.73. The monoisotopic (exact) mass is 264 g/mol. The highest BCUT2D eigenvalue weighted by Crippen LogP contribution is 2.31. The minimum absolute atomic E-state index is 0.0428. The van der Waals surface area contributed by atoms with Crippen LogP contribution in [0.15, 0.2) is 18.2 Å². The van der Waals surface area contributed by atoms with E-state index in [0.717, 1.165) is 12.0 Å². The van der Waals surface area contributed by atoms with Gasteiger partial charge >= 0.3 is 0 Å². The van der Waals surface area contributed by atoms with E-state index in [-0.39, 0.29) is 11.8 Å². The molecule has 19 heavy (non-hydrogen) atoms. The van der Waals surface area contributed by atoms with Crippen molar-refractivity contribution in [2.45, 2.75) is 44.3 Å². The molecule has 2 aliphatic rings. The second-order valence-electron chi connectivity index (χ2n) is 5.73. The van der Waals surface area contributed by atoms with E-state index in [9.17, 15) is 9.50 Å². The van der Waals surface area contributed by atoms with Gasteiger partial charge in [-0.1, -0.05) is 6.07 Å². The van der Waals surface area contributed by atoms with Gasteiger partial charge < -0.3 is 10.4 Å². The van der Waals surface area contributed by atoms with Crippen molar-refractivity contribution in [1.82, 2.24) is 10.2 Å². The minimum atomic E-state index is -0.392. The molecule has 2 heterocycles. The van der Waals surface area contributed by atoms with Crippen molar-refractivity contribution in [3.05, 3.63) is 29.6 Å². The van der Waals surface area contributed by atoms with Gasteiger partial charge in [-0.15, -0.1) is 0 Å². The smallest absolute Gasteiger partial charge is 0.126 e. The van der Waals surface area contributed by atoms with E-state index in [2.05, 4.69) is 10.2 Å². The van der Waals surface area contributed by atoms with Crippen LogP contribution in [0, 0.1) is 5.82 Å². The third-order valence-corrected chi connectivity index (χ3v) is 4.53. The average Bonchev–Trinajstić information content (AvgIpc) is 2.94. The summed E-state index contributed by atoms with van der Waals surface area (Å²) in [5.41, 5.74) is 0.776. The normalized spacial score (nSPS) is 28.5. The molecule has 0 aliphatic carbocycles. The zero-order valence-electron chi connectivity index (χ0n) is 11.3. The van der Waals surface area contributed by atoms with Crippen LogP contribution in [0.2, 0.25) is 0 Å². The summed E-state index contributed by atoms with van der Waals surface area (Å²) < 4.78 is 13.0. The molecule has 1 aromatic rings. The topological polar surface area (TPSA) is 35.5 Å². The molecule has 3 atom stereocenters. The predicted molar refractivity (Wildman–Crippen MR) is 72.6 cm³/mol. The largest absolute Gasteiger partial charge is 0.508 e. The van der Waals surface area contributed by atoms with Gasteiger partial charge in [-0.3, -0.25) is 4.90 Å². The lowest BCUT2D eigenvalue weighted by molar-refractivity contribution is 0.290. The molecule has 3 rings (SSSR count). The van der Waals surface area contributed by atoms with Gasteiger partial charge in [0.05, 0.1) is 0 Å². The number of aromatic hydroxyl groups is 1. The Hall–Kier alpha value is -1.13. The Morgan fingerprint density at radius 2 is 2.21 bits per heavy atom. The summed E-state index contributed by atoms with van der Waals surface area (Å²) in [6.45, 7) is 4.42. The van der Waals surface area contributed by atoms with Crippen LogP contribution < -0.4 is 5.32 Å². The summed E-state index contributed by atoms with van der Waals surface area (Å²) >= 11 is 0. The number of halogens is 1. The SMILES string of the molecule is CC(NC1CCN2CCCC12)c1ccc(F)cc1O. The van der Waals surface area contributed by atoms with Crippen LogP contribution in [0.1, 0.15) is 37.8 Å². The fourth-order valence-corrected chi connectivity index (χ4v) is 3.57. The summed E-state index contributed by atoms with van der Waals surface area (Å²) in [5.74, 6) is -0.349. The van der Waals surface area contributed by atoms with Crippen molar-refractivity contribution in [3.63, 3.8) is 0 Å². The van der Waals surface area contributed by atoms with Gasteiger partial charge in [-0.25, -0.2) is 4.39 Å². The second kappa shape index (κ2) is 5.10. The van der Waals surface area contributed by atoms with Crippen LogP contribution in [0.4, 0.5) is 4.39 Å². The number of hydrogen-bond donors (Lipinski definition) is 2. The first-order valence-corrected chi connectivity index (χ1v) is 7.13. The number of benzene rings is 1. The quantitative estimate of drug-likeness (QED) is 0.880. The van der Waals surface area contributed by atoms with Gasteiger partial charge in [0.15, 0.2) is 0 Å². The Labute approximate surface area is 113 Å². The third-order valence-electron chi connectivity index (χ3n) is 4.53. The van der Waals surface area contributed by atoms with E-state index >= 15 is 0 Å². The number of phenols is 1. The van der Waals surface area contributed by atoms with Crippen molar-refractivity contribution in [2.24, 2.45) is 0 Å². The summed E-state index contributed by atoms with van der Waals surface area (Å²) in [6.07, 6.45) is 3.72. The van der Waals surface area contributed by atoms with Gasteiger partial charge in [0, 0.05) is 36.3 Å². The first-order valence-electron chi connectivity index (χ1n) is 7.13. The summed E-state index contributed by atoms with van der Waals surface area (Å²) in [5, 5.41) is 13.4. The van der Waals surface area contributed by atoms with Crippen molar-refractivity contribution in [2.75, 3.05) is 13.1 Å². The van der Waals surface area contributed by atoms with Crippen LogP contribution in [-0.4, -0.2) is 35.2 Å². The highest BCUT2D eigenvalue weighted by atomic mass is 19.1. The molecule has 104 valence electrons. The predicted octanol–water partition coefficient (Wildman–Crippen LogP) is 2.42. The standard InChI is InChI=1S/C15H21FN2O/c1-10(12-5-4-11(16)9-15(12)19)17-13-6-8-18-7-2-3-14(13)18/h4-5,9-10,13-14,17,19H,2-3,6-8H2,1H3. The fraction of sp³-hybridized carbons (Fsp3) is 0.600. The summed E-state index contributed by atoms with van der Waals surface area (Å²) in [6, 6.07) is 5.44. The van der Waals surface area contributed by atoms with E-state index in [1.165, 1.54) is 38.1 Å². The number of nitrogens with zero attached hydrogens (tertiary/aromatic N) is 1. The molecule has 3 unspecified atom stereocenters. The molecule has 2 fully saturated rings. The molecule has 0 spiro atoms. The van der Waals surface area contributed by atoms with Crippen molar-refractivity contribution in [1.29, 1.82) is 0 Å². The minimum Gasteiger partial charge on any atom is -0.508 e. The lowest BCUT2D eigenvalue weighted by Gasteiger charge is -2.25. The first kappa shape index (κ1) is 12.9. The number of phenolic OH excluding ortho intramolecular Hbond substituents is 1. The van der Waals surface area contributed by atoms with Crippen LogP contribution in [0.3, 0.4) is 0 Å². The van der Waals surface area contributed by atoms with Crippen LogP contribution in [0.25, 0.3) is 0 Å². The number of hydrogen-bond acceptors (Lipinski definition) is 3. The lowest BCUT2D eigenvalue weighted by atomic mass is 10.0. The summed E-state index contributed by atoms with van der Waals surface area (Å²) in [4.78, 5) is 2.55. The molecule has 3 nitrogen and oxygen atoms in total. The van der Waals surface area contributed by atoms with E-state index in [4.69, 9.17) is 0 Å². The zero-order valence-corrected chi connectivity index (χ0v) is 11.3. The number of nitrogens with one attached hydrogen (secondary N) is 1. The maximum atomic E-state index is 13.0. The molecule has 0 radical (unpaired) electrons. The Morgan fingerprint density at radius 1 is 1.37 bits per heavy atom. The van der Waals surface area contributed by atoms with E-state index in [1.807, 2.05) is 6.92 Å². The van der Waals surface area contributed by atoms with Crippen molar-refractivity contribution >= 4 is 0 Å². The number of rotatable bonds is 3. The zero-order chi connectivity index (χ0) is 13.4. The van der Waals surface area contributed by atoms with Gasteiger partial charge in [-0.05, 0) is 38.8 Å². The Kier molecular flexibility index (Phi) is 3.46. The van der Waals surface area contributed by atoms with Gasteiger partial charge in [0.1, 0.15) is 11.6 Å². The molecule has 0 aromatic heterocycles. The Bertz CT molecular complexity index is 465. The van der Waals surface area contributed by atoms with Gasteiger partial charge in [0.25, 0.3) is 0 Å². The third kappa shape index (κ3) is 2.47. The van der Waals surface area contributed by atoms with Crippen molar-refractivity contribution < 1.29 is 9.50 Å². The molecule has 1 aromatic carbocycles. The molecule has 0 bridgehead atoms. The van der Waals surface area contributed by atoms with Gasteiger partial charge in [-0.2, -0.15) is 0 Å². The average molecular weight is 264 g/mol. The molecular formula is C15H21FN2O. The highest BCUT2D eigenvalue weighted by molar-refractivity contribution is 5.35. The van der Waals surface area contributed by atoms with E-state index in [0.29, 0.717) is 12.1 Å². The van der Waals surface area contributed by atoms with E-state index < -0.39 is 5.82 Å². The van der Waals surface area contributed by atoms with Crippen LogP contribution in [-0.2, 0) is 0 Å². The molecule has 0 amide bonds. The first-order chi connectivity index (χ1) is 9.15. The fourth-order valence-electron chi connectivity index (χ4n) is 3.57. The highest BCUT2D eigenvalue weighted by Gasteiger charge is 2.37.